The molecule has 0 aliphatic carbocycles. The molecule has 4 rings (SSSR count). The molecule has 0 bridgehead atoms. The number of anilines is 1. The molecule has 0 saturated heterocycles. The summed E-state index contributed by atoms with van der Waals surface area (Å²) in [6.45, 7) is 0. The minimum absolute atomic E-state index is 0.126. The van der Waals surface area contributed by atoms with Crippen LogP contribution in [0.2, 0.25) is 0 Å². The zero-order valence-corrected chi connectivity index (χ0v) is 16.1. The Morgan fingerprint density at radius 1 is 0.893 bits per heavy atom. The van der Waals surface area contributed by atoms with Gasteiger partial charge in [0.15, 0.2) is 4.75 Å². The highest BCUT2D eigenvalue weighted by Crippen LogP contribution is 2.46. The molecule has 0 aliphatic heterocycles. The number of rotatable bonds is 4. The van der Waals surface area contributed by atoms with Crippen molar-refractivity contribution in [3.63, 3.8) is 0 Å². The van der Waals surface area contributed by atoms with Gasteiger partial charge in [0.05, 0.1) is 15.8 Å². The number of benzene rings is 3. The van der Waals surface area contributed by atoms with Gasteiger partial charge >= 0.3 is 6.18 Å². The molecule has 1 N–H and O–H groups in total. The van der Waals surface area contributed by atoms with Crippen LogP contribution < -0.4 is 15.1 Å². The first kappa shape index (κ1) is 18.7. The maximum Gasteiger partial charge on any atom is 0.416 e. The molecular weight excluding hydrogens is 404 g/mol. The van der Waals surface area contributed by atoms with E-state index in [1.54, 1.807) is 30.3 Å². The fraction of sp³-hybridized carbons (Fsp3) is 0.0500. The third kappa shape index (κ3) is 3.55. The molecule has 8 heteroatoms. The van der Waals surface area contributed by atoms with Crippen LogP contribution in [0.15, 0.2) is 78.9 Å². The Balaban J connectivity index is 1.84. The number of hydrogen-bond acceptors (Lipinski definition) is 3. The average molecular weight is 418 g/mol. The SMILES string of the molecule is O=P(Nc1cccc(C(F)(F)F)c1)(c1ccccc1)c1nc2ccccc2s1. The van der Waals surface area contributed by atoms with Gasteiger partial charge in [0.1, 0.15) is 0 Å². The van der Waals surface area contributed by atoms with Crippen molar-refractivity contribution in [2.75, 3.05) is 5.09 Å². The third-order valence-corrected chi connectivity index (χ3v) is 8.27. The monoisotopic (exact) mass is 418 g/mol. The maximum atomic E-state index is 14.1. The normalized spacial score (nSPS) is 14.0. The highest BCUT2D eigenvalue weighted by atomic mass is 32.1. The maximum absolute atomic E-state index is 14.1. The van der Waals surface area contributed by atoms with Crippen LogP contribution in [0.4, 0.5) is 18.9 Å². The van der Waals surface area contributed by atoms with Crippen molar-refractivity contribution in [2.24, 2.45) is 0 Å². The smallest absolute Gasteiger partial charge is 0.328 e. The van der Waals surface area contributed by atoms with E-state index < -0.39 is 19.0 Å². The Morgan fingerprint density at radius 2 is 1.61 bits per heavy atom. The second-order valence-electron chi connectivity index (χ2n) is 6.10. The fourth-order valence-corrected chi connectivity index (χ4v) is 6.56. The molecule has 28 heavy (non-hydrogen) atoms. The summed E-state index contributed by atoms with van der Waals surface area (Å²) < 4.78 is 54.5. The van der Waals surface area contributed by atoms with Crippen LogP contribution in [-0.2, 0) is 10.7 Å². The quantitative estimate of drug-likeness (QED) is 0.435. The summed E-state index contributed by atoms with van der Waals surface area (Å²) in [5.41, 5.74) is 0.0205. The number of hydrogen-bond donors (Lipinski definition) is 1. The van der Waals surface area contributed by atoms with Gasteiger partial charge in [-0.2, -0.15) is 13.2 Å². The number of fused-ring (bicyclic) bond motifs is 1. The van der Waals surface area contributed by atoms with Crippen molar-refractivity contribution < 1.29 is 17.7 Å². The number of thiazole rings is 1. The minimum atomic E-state index is -4.48. The summed E-state index contributed by atoms with van der Waals surface area (Å²) in [5, 5.41) is 3.34. The lowest BCUT2D eigenvalue weighted by atomic mass is 10.2. The Morgan fingerprint density at radius 3 is 2.32 bits per heavy atom. The molecule has 0 spiro atoms. The van der Waals surface area contributed by atoms with Crippen LogP contribution >= 0.6 is 18.6 Å². The number of halogens is 3. The zero-order valence-electron chi connectivity index (χ0n) is 14.4. The van der Waals surface area contributed by atoms with Crippen LogP contribution in [-0.4, -0.2) is 4.98 Å². The molecule has 142 valence electrons. The lowest BCUT2D eigenvalue weighted by Gasteiger charge is -2.19. The Labute approximate surface area is 163 Å². The standard InChI is InChI=1S/C20H14F3N2OPS/c21-20(22,23)14-7-6-8-15(13-14)25-27(26,16-9-2-1-3-10-16)19-24-17-11-4-5-12-18(17)28-19/h1-13H,(H,25,26). The highest BCUT2D eigenvalue weighted by Gasteiger charge is 2.33. The molecule has 0 amide bonds. The van der Waals surface area contributed by atoms with Gasteiger partial charge in [-0.1, -0.05) is 36.4 Å². The summed E-state index contributed by atoms with van der Waals surface area (Å²) in [6.07, 6.45) is -4.48. The van der Waals surface area contributed by atoms with E-state index in [9.17, 15) is 17.7 Å². The van der Waals surface area contributed by atoms with Gasteiger partial charge in [0.25, 0.3) is 7.29 Å². The summed E-state index contributed by atoms with van der Waals surface area (Å²) in [6, 6.07) is 20.7. The molecule has 1 aromatic heterocycles. The van der Waals surface area contributed by atoms with Gasteiger partial charge in [-0.25, -0.2) is 4.98 Å². The number of aromatic nitrogens is 1. The lowest BCUT2D eigenvalue weighted by molar-refractivity contribution is -0.137. The number of alkyl halides is 3. The van der Waals surface area contributed by atoms with Gasteiger partial charge in [-0.3, -0.25) is 4.57 Å². The Kier molecular flexibility index (Phi) is 4.73. The predicted molar refractivity (Wildman–Crippen MR) is 108 cm³/mol. The summed E-state index contributed by atoms with van der Waals surface area (Å²) in [7, 11) is -3.50. The second kappa shape index (κ2) is 7.08. The molecule has 0 aliphatic rings. The third-order valence-electron chi connectivity index (χ3n) is 4.15. The van der Waals surface area contributed by atoms with Crippen LogP contribution in [0, 0.1) is 0 Å². The molecule has 0 radical (unpaired) electrons. The van der Waals surface area contributed by atoms with E-state index in [2.05, 4.69) is 10.1 Å². The molecule has 1 unspecified atom stereocenters. The van der Waals surface area contributed by atoms with E-state index in [0.717, 1.165) is 16.8 Å². The van der Waals surface area contributed by atoms with Crippen molar-refractivity contribution in [3.8, 4) is 0 Å². The van der Waals surface area contributed by atoms with Crippen LogP contribution in [0.5, 0.6) is 0 Å². The number of nitrogens with one attached hydrogen (secondary N) is 1. The van der Waals surface area contributed by atoms with Gasteiger partial charge in [0.2, 0.25) is 0 Å². The highest BCUT2D eigenvalue weighted by molar-refractivity contribution is 7.84. The molecule has 4 aromatic rings. The van der Waals surface area contributed by atoms with E-state index in [0.29, 0.717) is 15.6 Å². The van der Waals surface area contributed by atoms with Crippen LogP contribution in [0.25, 0.3) is 10.2 Å². The van der Waals surface area contributed by atoms with Crippen molar-refractivity contribution in [1.82, 2.24) is 4.98 Å². The number of nitrogens with zero attached hydrogens (tertiary/aromatic N) is 1. The van der Waals surface area contributed by atoms with E-state index >= 15 is 0 Å². The van der Waals surface area contributed by atoms with Crippen molar-refractivity contribution in [1.29, 1.82) is 0 Å². The molecule has 0 saturated carbocycles. The first-order chi connectivity index (χ1) is 13.4. The Hall–Kier alpha value is -2.63. The predicted octanol–water partition coefficient (Wildman–Crippen LogP) is 5.66. The molecule has 1 heterocycles. The first-order valence-corrected chi connectivity index (χ1v) is 10.9. The largest absolute Gasteiger partial charge is 0.416 e. The Bertz CT molecular complexity index is 1140. The van der Waals surface area contributed by atoms with E-state index in [4.69, 9.17) is 0 Å². The first-order valence-electron chi connectivity index (χ1n) is 8.34. The van der Waals surface area contributed by atoms with E-state index in [1.807, 2.05) is 24.3 Å². The van der Waals surface area contributed by atoms with Gasteiger partial charge in [0, 0.05) is 11.0 Å². The average Bonchev–Trinajstić information content (AvgIpc) is 3.13. The second-order valence-corrected chi connectivity index (χ2v) is 9.81. The lowest BCUT2D eigenvalue weighted by Crippen LogP contribution is -2.21. The van der Waals surface area contributed by atoms with Gasteiger partial charge in [-0.15, -0.1) is 11.3 Å². The topological polar surface area (TPSA) is 42.0 Å². The van der Waals surface area contributed by atoms with Crippen molar-refractivity contribution >= 4 is 44.6 Å². The summed E-state index contributed by atoms with van der Waals surface area (Å²) in [4.78, 5) is 4.50. The summed E-state index contributed by atoms with van der Waals surface area (Å²) in [5.74, 6) is 0. The minimum Gasteiger partial charge on any atom is -0.328 e. The summed E-state index contributed by atoms with van der Waals surface area (Å²) >= 11 is 1.27. The van der Waals surface area contributed by atoms with E-state index in [1.165, 1.54) is 23.5 Å². The molecule has 1 atom stereocenters. The van der Waals surface area contributed by atoms with Gasteiger partial charge < -0.3 is 5.09 Å². The van der Waals surface area contributed by atoms with E-state index in [-0.39, 0.29) is 5.69 Å². The van der Waals surface area contributed by atoms with Crippen LogP contribution in [0.3, 0.4) is 0 Å². The molecule has 3 nitrogen and oxygen atoms in total. The number of para-hydroxylation sites is 1. The van der Waals surface area contributed by atoms with Crippen molar-refractivity contribution in [2.45, 2.75) is 6.18 Å². The molecule has 3 aromatic carbocycles. The van der Waals surface area contributed by atoms with Crippen LogP contribution in [0.1, 0.15) is 5.56 Å². The molecular formula is C20H14F3N2OPS. The van der Waals surface area contributed by atoms with Gasteiger partial charge in [-0.05, 0) is 42.5 Å². The fourth-order valence-electron chi connectivity index (χ4n) is 2.80. The zero-order chi connectivity index (χ0) is 19.8. The van der Waals surface area contributed by atoms with Crippen molar-refractivity contribution in [3.05, 3.63) is 84.4 Å². The molecule has 0 fully saturated rings.